The van der Waals surface area contributed by atoms with E-state index in [2.05, 4.69) is 49.5 Å². The standard InChI is InChI=1S/C22H23Cl2NO/c1-13(2)12-26-19-11-5-8-16-14-6-3-7-15(14)21(25-22(16)19)17-9-4-10-18(23)20(17)24/h3-6,8-11,13-15,21,25H,7,12H2,1-2H3. The van der Waals surface area contributed by atoms with Crippen LogP contribution < -0.4 is 10.1 Å². The van der Waals surface area contributed by atoms with Gasteiger partial charge in [-0.1, -0.05) is 73.5 Å². The third-order valence-electron chi connectivity index (χ3n) is 5.25. The zero-order valence-electron chi connectivity index (χ0n) is 15.0. The van der Waals surface area contributed by atoms with E-state index in [0.717, 1.165) is 23.4 Å². The van der Waals surface area contributed by atoms with Crippen molar-refractivity contribution in [1.82, 2.24) is 0 Å². The molecule has 2 aliphatic rings. The van der Waals surface area contributed by atoms with Crippen molar-refractivity contribution in [2.45, 2.75) is 32.2 Å². The molecule has 2 aromatic carbocycles. The molecule has 0 fully saturated rings. The number of ether oxygens (including phenoxy) is 1. The number of nitrogens with one attached hydrogen (secondary N) is 1. The lowest BCUT2D eigenvalue weighted by atomic mass is 9.77. The second kappa shape index (κ2) is 7.17. The molecule has 2 nitrogen and oxygen atoms in total. The summed E-state index contributed by atoms with van der Waals surface area (Å²) in [6.45, 7) is 5.02. The highest BCUT2D eigenvalue weighted by Crippen LogP contribution is 2.53. The maximum absolute atomic E-state index is 6.56. The van der Waals surface area contributed by atoms with Gasteiger partial charge in [-0.05, 0) is 41.5 Å². The summed E-state index contributed by atoms with van der Waals surface area (Å²) < 4.78 is 6.11. The minimum atomic E-state index is 0.109. The number of allylic oxidation sites excluding steroid dienone is 2. The number of halogens is 2. The molecule has 0 aromatic heterocycles. The van der Waals surface area contributed by atoms with Crippen molar-refractivity contribution in [1.29, 1.82) is 0 Å². The zero-order chi connectivity index (χ0) is 18.3. The van der Waals surface area contributed by atoms with E-state index in [1.54, 1.807) is 0 Å². The monoisotopic (exact) mass is 387 g/mol. The first-order valence-corrected chi connectivity index (χ1v) is 9.94. The van der Waals surface area contributed by atoms with Gasteiger partial charge in [-0.25, -0.2) is 0 Å². The van der Waals surface area contributed by atoms with Gasteiger partial charge in [-0.2, -0.15) is 0 Å². The molecular formula is C22H23Cl2NO. The van der Waals surface area contributed by atoms with E-state index in [1.807, 2.05) is 18.2 Å². The number of para-hydroxylation sites is 1. The van der Waals surface area contributed by atoms with Crippen LogP contribution in [-0.4, -0.2) is 6.61 Å². The number of fused-ring (bicyclic) bond motifs is 3. The molecule has 26 heavy (non-hydrogen) atoms. The lowest BCUT2D eigenvalue weighted by molar-refractivity contribution is 0.270. The largest absolute Gasteiger partial charge is 0.491 e. The maximum Gasteiger partial charge on any atom is 0.142 e. The van der Waals surface area contributed by atoms with Gasteiger partial charge in [-0.15, -0.1) is 0 Å². The fourth-order valence-electron chi connectivity index (χ4n) is 4.04. The molecule has 1 N–H and O–H groups in total. The Balaban J connectivity index is 1.77. The van der Waals surface area contributed by atoms with Gasteiger partial charge in [0.15, 0.2) is 0 Å². The molecule has 4 rings (SSSR count). The van der Waals surface area contributed by atoms with Gasteiger partial charge in [0.25, 0.3) is 0 Å². The van der Waals surface area contributed by atoms with Crippen LogP contribution in [0.3, 0.4) is 0 Å². The Labute approximate surface area is 165 Å². The molecule has 0 radical (unpaired) electrons. The van der Waals surface area contributed by atoms with Crippen molar-refractivity contribution >= 4 is 28.9 Å². The molecular weight excluding hydrogens is 365 g/mol. The molecule has 0 amide bonds. The molecule has 136 valence electrons. The van der Waals surface area contributed by atoms with Gasteiger partial charge in [-0.3, -0.25) is 0 Å². The van der Waals surface area contributed by atoms with Crippen molar-refractivity contribution in [3.05, 3.63) is 69.7 Å². The molecule has 1 aliphatic heterocycles. The molecule has 0 saturated carbocycles. The third-order valence-corrected chi connectivity index (χ3v) is 6.08. The predicted octanol–water partition coefficient (Wildman–Crippen LogP) is 6.85. The topological polar surface area (TPSA) is 21.3 Å². The smallest absolute Gasteiger partial charge is 0.142 e. The van der Waals surface area contributed by atoms with Crippen LogP contribution >= 0.6 is 23.2 Å². The Bertz CT molecular complexity index is 846. The number of hydrogen-bond donors (Lipinski definition) is 1. The van der Waals surface area contributed by atoms with E-state index >= 15 is 0 Å². The molecule has 0 bridgehead atoms. The predicted molar refractivity (Wildman–Crippen MR) is 110 cm³/mol. The second-order valence-electron chi connectivity index (χ2n) is 7.54. The molecule has 0 saturated heterocycles. The highest BCUT2D eigenvalue weighted by molar-refractivity contribution is 6.42. The number of anilines is 1. The van der Waals surface area contributed by atoms with Gasteiger partial charge >= 0.3 is 0 Å². The Morgan fingerprint density at radius 2 is 1.88 bits per heavy atom. The van der Waals surface area contributed by atoms with E-state index in [0.29, 0.717) is 34.4 Å². The van der Waals surface area contributed by atoms with Crippen LogP contribution in [-0.2, 0) is 0 Å². The van der Waals surface area contributed by atoms with Crippen LogP contribution in [0.4, 0.5) is 5.69 Å². The van der Waals surface area contributed by atoms with Gasteiger partial charge in [0, 0.05) is 5.92 Å². The molecule has 3 atom stereocenters. The van der Waals surface area contributed by atoms with E-state index in [-0.39, 0.29) is 6.04 Å². The SMILES string of the molecule is CC(C)COc1cccc2c1NC(c1cccc(Cl)c1Cl)C1CC=CC21. The molecule has 0 spiro atoms. The Morgan fingerprint density at radius 1 is 1.12 bits per heavy atom. The molecule has 1 aliphatic carbocycles. The summed E-state index contributed by atoms with van der Waals surface area (Å²) in [5.74, 6) is 2.19. The summed E-state index contributed by atoms with van der Waals surface area (Å²) in [5.41, 5.74) is 3.45. The van der Waals surface area contributed by atoms with E-state index < -0.39 is 0 Å². The summed E-state index contributed by atoms with van der Waals surface area (Å²) in [4.78, 5) is 0. The van der Waals surface area contributed by atoms with E-state index in [9.17, 15) is 0 Å². The summed E-state index contributed by atoms with van der Waals surface area (Å²) in [6, 6.07) is 12.3. The number of rotatable bonds is 4. The number of benzene rings is 2. The van der Waals surface area contributed by atoms with Crippen molar-refractivity contribution in [2.24, 2.45) is 11.8 Å². The minimum absolute atomic E-state index is 0.109. The van der Waals surface area contributed by atoms with Gasteiger partial charge in [0.2, 0.25) is 0 Å². The third kappa shape index (κ3) is 3.10. The average Bonchev–Trinajstić information content (AvgIpc) is 3.12. The summed E-state index contributed by atoms with van der Waals surface area (Å²) >= 11 is 12.9. The van der Waals surface area contributed by atoms with Gasteiger partial charge in [0.05, 0.1) is 28.4 Å². The highest BCUT2D eigenvalue weighted by atomic mass is 35.5. The Kier molecular flexibility index (Phi) is 4.90. The quantitative estimate of drug-likeness (QED) is 0.578. The minimum Gasteiger partial charge on any atom is -0.491 e. The van der Waals surface area contributed by atoms with Crippen LogP contribution in [0.15, 0.2) is 48.6 Å². The van der Waals surface area contributed by atoms with Gasteiger partial charge in [0.1, 0.15) is 5.75 Å². The average molecular weight is 388 g/mol. The van der Waals surface area contributed by atoms with E-state index in [1.165, 1.54) is 5.56 Å². The molecule has 4 heteroatoms. The summed E-state index contributed by atoms with van der Waals surface area (Å²) in [5, 5.41) is 4.98. The Hall–Kier alpha value is -1.64. The van der Waals surface area contributed by atoms with E-state index in [4.69, 9.17) is 27.9 Å². The van der Waals surface area contributed by atoms with Crippen LogP contribution in [0.2, 0.25) is 10.0 Å². The van der Waals surface area contributed by atoms with Crippen LogP contribution in [0.1, 0.15) is 43.4 Å². The van der Waals surface area contributed by atoms with Crippen molar-refractivity contribution in [3.8, 4) is 5.75 Å². The molecule has 1 heterocycles. The summed E-state index contributed by atoms with van der Waals surface area (Å²) in [6.07, 6.45) is 5.63. The van der Waals surface area contributed by atoms with Crippen molar-refractivity contribution < 1.29 is 4.74 Å². The normalized spacial score (nSPS) is 23.5. The van der Waals surface area contributed by atoms with Crippen molar-refractivity contribution in [3.63, 3.8) is 0 Å². The highest BCUT2D eigenvalue weighted by Gasteiger charge is 2.39. The first kappa shape index (κ1) is 17.8. The molecule has 3 unspecified atom stereocenters. The maximum atomic E-state index is 6.56. The van der Waals surface area contributed by atoms with Crippen LogP contribution in [0, 0.1) is 11.8 Å². The number of hydrogen-bond acceptors (Lipinski definition) is 2. The molecule has 2 aromatic rings. The van der Waals surface area contributed by atoms with Crippen LogP contribution in [0.25, 0.3) is 0 Å². The fraction of sp³-hybridized carbons (Fsp3) is 0.364. The second-order valence-corrected chi connectivity index (χ2v) is 8.33. The van der Waals surface area contributed by atoms with Crippen molar-refractivity contribution in [2.75, 3.05) is 11.9 Å². The van der Waals surface area contributed by atoms with Crippen LogP contribution in [0.5, 0.6) is 5.75 Å². The van der Waals surface area contributed by atoms with Gasteiger partial charge < -0.3 is 10.1 Å². The Morgan fingerprint density at radius 3 is 2.69 bits per heavy atom. The lowest BCUT2D eigenvalue weighted by Gasteiger charge is -2.38. The first-order valence-electron chi connectivity index (χ1n) is 9.19. The lowest BCUT2D eigenvalue weighted by Crippen LogP contribution is -2.29. The fourth-order valence-corrected chi connectivity index (χ4v) is 4.46. The zero-order valence-corrected chi connectivity index (χ0v) is 16.5. The summed E-state index contributed by atoms with van der Waals surface area (Å²) in [7, 11) is 0. The first-order chi connectivity index (χ1) is 12.6.